The lowest BCUT2D eigenvalue weighted by Gasteiger charge is -2.35. The molecule has 3 aromatic heterocycles. The van der Waals surface area contributed by atoms with Gasteiger partial charge < -0.3 is 19.3 Å². The lowest BCUT2D eigenvalue weighted by Crippen LogP contribution is -2.47. The monoisotopic (exact) mass is 541 g/mol. The van der Waals surface area contributed by atoms with Gasteiger partial charge in [0.15, 0.2) is 0 Å². The molecule has 0 atom stereocenters. The van der Waals surface area contributed by atoms with Crippen LogP contribution in [0.5, 0.6) is 0 Å². The summed E-state index contributed by atoms with van der Waals surface area (Å²) in [5, 5.41) is 7.57. The van der Waals surface area contributed by atoms with Gasteiger partial charge in [-0.2, -0.15) is 0 Å². The molecule has 2 aliphatic heterocycles. The highest BCUT2D eigenvalue weighted by Crippen LogP contribution is 2.34. The molecule has 1 amide bonds. The minimum absolute atomic E-state index is 0.196. The van der Waals surface area contributed by atoms with Gasteiger partial charge in [0.2, 0.25) is 0 Å². The summed E-state index contributed by atoms with van der Waals surface area (Å²) < 4.78 is 7.38. The smallest absolute Gasteiger partial charge is 0.267 e. The number of carbonyl (C=O) groups is 1. The third kappa shape index (κ3) is 5.80. The van der Waals surface area contributed by atoms with Gasteiger partial charge in [0.1, 0.15) is 21.5 Å². The molecule has 5 heterocycles. The van der Waals surface area contributed by atoms with Crippen molar-refractivity contribution in [1.29, 1.82) is 0 Å². The van der Waals surface area contributed by atoms with Gasteiger partial charge in [-0.25, -0.2) is 4.98 Å². The van der Waals surface area contributed by atoms with E-state index in [0.717, 1.165) is 38.3 Å². The number of piperazine rings is 1. The van der Waals surface area contributed by atoms with Crippen molar-refractivity contribution in [2.75, 3.05) is 44.2 Å². The number of pyridine rings is 1. The van der Waals surface area contributed by atoms with Gasteiger partial charge in [-0.15, -0.1) is 0 Å². The fourth-order valence-corrected chi connectivity index (χ4v) is 5.51. The van der Waals surface area contributed by atoms with Gasteiger partial charge in [-0.05, 0) is 50.2 Å². The average Bonchev–Trinajstić information content (AvgIpc) is 3.50. The summed E-state index contributed by atoms with van der Waals surface area (Å²) in [5.41, 5.74) is 1.76. The second kappa shape index (κ2) is 12.0. The predicted octanol–water partition coefficient (Wildman–Crippen LogP) is 3.14. The number of hydrogen-bond donors (Lipinski definition) is 1. The van der Waals surface area contributed by atoms with Crippen LogP contribution in [0.15, 0.2) is 50.8 Å². The van der Waals surface area contributed by atoms with Crippen LogP contribution in [0, 0.1) is 6.92 Å². The van der Waals surface area contributed by atoms with Crippen molar-refractivity contribution >= 4 is 51.7 Å². The van der Waals surface area contributed by atoms with Gasteiger partial charge in [0.25, 0.3) is 11.5 Å². The maximum absolute atomic E-state index is 13.6. The quantitative estimate of drug-likeness (QED) is 0.386. The second-order valence-corrected chi connectivity index (χ2v) is 10.3. The second-order valence-electron chi connectivity index (χ2n) is 8.62. The topological polar surface area (TPSA) is 94.5 Å². The predicted molar refractivity (Wildman–Crippen MR) is 151 cm³/mol. The van der Waals surface area contributed by atoms with E-state index in [4.69, 9.17) is 26.7 Å². The van der Waals surface area contributed by atoms with E-state index in [1.54, 1.807) is 42.0 Å². The first-order valence-corrected chi connectivity index (χ1v) is 13.5. The number of thioether (sulfide) groups is 1. The standard InChI is InChI=1S/C24H25N5O3S2.C2H6O/c1-3-26-9-11-27(12-10-26)21-18(22(30)28-8-4-6-16(2)20(28)25-21)14-19-23(31)29(24(33)34-19)15-17-7-5-13-32-17;1-2-3/h4-8,13-14H,3,9-12,15H2,1-2H3;3H,2H2,1H3/b19-14-;. The Balaban J connectivity index is 0.00000102. The summed E-state index contributed by atoms with van der Waals surface area (Å²) in [6.07, 6.45) is 4.94. The number of amides is 1. The molecule has 9 nitrogen and oxygen atoms in total. The number of aryl methyl sites for hydroxylation is 1. The maximum Gasteiger partial charge on any atom is 0.267 e. The van der Waals surface area contributed by atoms with Gasteiger partial charge >= 0.3 is 0 Å². The SMILES string of the molecule is CCN1CCN(c2nc3c(C)cccn3c(=O)c2/C=C2\SC(=S)N(Cc3ccco3)C2=O)CC1.CCO. The number of aliphatic hydroxyl groups is 1. The van der Waals surface area contributed by atoms with Crippen LogP contribution in [0.2, 0.25) is 0 Å². The first-order valence-electron chi connectivity index (χ1n) is 12.3. The Hall–Kier alpha value is -2.99. The van der Waals surface area contributed by atoms with Crippen LogP contribution in [0.4, 0.5) is 5.82 Å². The van der Waals surface area contributed by atoms with Gasteiger partial charge in [0, 0.05) is 39.0 Å². The van der Waals surface area contributed by atoms with Gasteiger partial charge in [-0.3, -0.25) is 18.9 Å². The van der Waals surface area contributed by atoms with E-state index < -0.39 is 0 Å². The Bertz CT molecular complexity index is 1360. The Morgan fingerprint density at radius 1 is 1.16 bits per heavy atom. The van der Waals surface area contributed by atoms with Crippen molar-refractivity contribution in [1.82, 2.24) is 19.2 Å². The zero-order chi connectivity index (χ0) is 26.5. The van der Waals surface area contributed by atoms with Crippen molar-refractivity contribution in [2.45, 2.75) is 27.3 Å². The molecule has 0 spiro atoms. The molecular formula is C26H31N5O4S2. The third-order valence-electron chi connectivity index (χ3n) is 6.23. The van der Waals surface area contributed by atoms with E-state index in [-0.39, 0.29) is 24.6 Å². The van der Waals surface area contributed by atoms with Crippen LogP contribution < -0.4 is 10.5 Å². The highest BCUT2D eigenvalue weighted by molar-refractivity contribution is 8.26. The number of hydrogen-bond acceptors (Lipinski definition) is 9. The van der Waals surface area contributed by atoms with Crippen LogP contribution in [0.3, 0.4) is 0 Å². The van der Waals surface area contributed by atoms with E-state index in [1.165, 1.54) is 16.7 Å². The first-order chi connectivity index (χ1) is 17.9. The summed E-state index contributed by atoms with van der Waals surface area (Å²) in [5.74, 6) is 1.03. The fraction of sp³-hybridized carbons (Fsp3) is 0.385. The van der Waals surface area contributed by atoms with Crippen molar-refractivity contribution < 1.29 is 14.3 Å². The van der Waals surface area contributed by atoms with Crippen molar-refractivity contribution in [3.8, 4) is 0 Å². The third-order valence-corrected chi connectivity index (χ3v) is 7.60. The van der Waals surface area contributed by atoms with E-state index in [9.17, 15) is 9.59 Å². The lowest BCUT2D eigenvalue weighted by atomic mass is 10.2. The van der Waals surface area contributed by atoms with Crippen LogP contribution in [-0.2, 0) is 11.3 Å². The molecule has 0 aromatic carbocycles. The largest absolute Gasteiger partial charge is 0.467 e. The summed E-state index contributed by atoms with van der Waals surface area (Å²) in [6, 6.07) is 7.35. The molecule has 2 aliphatic rings. The number of carbonyl (C=O) groups excluding carboxylic acids is 1. The number of aromatic nitrogens is 2. The molecular weight excluding hydrogens is 510 g/mol. The highest BCUT2D eigenvalue weighted by atomic mass is 32.2. The normalized spacial score (nSPS) is 17.6. The van der Waals surface area contributed by atoms with E-state index >= 15 is 0 Å². The number of likely N-dealkylation sites (N-methyl/N-ethyl adjacent to an activating group) is 1. The number of thiocarbonyl (C=S) groups is 1. The van der Waals surface area contributed by atoms with Crippen LogP contribution in [0.25, 0.3) is 11.7 Å². The zero-order valence-electron chi connectivity index (χ0n) is 21.2. The van der Waals surface area contributed by atoms with Crippen LogP contribution in [-0.4, -0.2) is 73.8 Å². The molecule has 0 unspecified atom stereocenters. The first kappa shape index (κ1) is 27.1. The molecule has 196 valence electrons. The maximum atomic E-state index is 13.6. The van der Waals surface area contributed by atoms with E-state index in [0.29, 0.717) is 32.0 Å². The number of rotatable bonds is 5. The summed E-state index contributed by atoms with van der Waals surface area (Å²) in [6.45, 7) is 10.6. The van der Waals surface area contributed by atoms with Crippen molar-refractivity contribution in [2.24, 2.45) is 0 Å². The Morgan fingerprint density at radius 2 is 1.89 bits per heavy atom. The molecule has 2 saturated heterocycles. The van der Waals surface area contributed by atoms with Crippen molar-refractivity contribution in [3.05, 3.63) is 68.9 Å². The minimum Gasteiger partial charge on any atom is -0.467 e. The lowest BCUT2D eigenvalue weighted by molar-refractivity contribution is -0.122. The fourth-order valence-electron chi connectivity index (χ4n) is 4.27. The molecule has 0 saturated carbocycles. The molecule has 1 N–H and O–H groups in total. The Morgan fingerprint density at radius 3 is 2.54 bits per heavy atom. The molecule has 3 aromatic rings. The van der Waals surface area contributed by atoms with Crippen LogP contribution >= 0.6 is 24.0 Å². The summed E-state index contributed by atoms with van der Waals surface area (Å²) in [4.78, 5) is 38.2. The van der Waals surface area contributed by atoms with Gasteiger partial charge in [-0.1, -0.05) is 37.0 Å². The Labute approximate surface area is 225 Å². The molecule has 5 rings (SSSR count). The van der Waals surface area contributed by atoms with E-state index in [1.807, 2.05) is 19.1 Å². The number of aliphatic hydroxyl groups excluding tert-OH is 1. The molecule has 11 heteroatoms. The summed E-state index contributed by atoms with van der Waals surface area (Å²) in [7, 11) is 0. The highest BCUT2D eigenvalue weighted by Gasteiger charge is 2.33. The molecule has 0 aliphatic carbocycles. The minimum atomic E-state index is -0.234. The molecule has 0 radical (unpaired) electrons. The summed E-state index contributed by atoms with van der Waals surface area (Å²) >= 11 is 6.67. The average molecular weight is 542 g/mol. The molecule has 0 bridgehead atoms. The molecule has 37 heavy (non-hydrogen) atoms. The van der Waals surface area contributed by atoms with E-state index in [2.05, 4.69) is 16.7 Å². The molecule has 2 fully saturated rings. The number of nitrogens with zero attached hydrogens (tertiary/aromatic N) is 5. The number of furan rings is 1. The van der Waals surface area contributed by atoms with Gasteiger partial charge in [0.05, 0.1) is 23.3 Å². The van der Waals surface area contributed by atoms with Crippen molar-refractivity contribution in [3.63, 3.8) is 0 Å². The Kier molecular flexibility index (Phi) is 8.80. The zero-order valence-corrected chi connectivity index (χ0v) is 22.8. The number of fused-ring (bicyclic) bond motifs is 1. The number of anilines is 1. The van der Waals surface area contributed by atoms with Crippen LogP contribution in [0.1, 0.15) is 30.7 Å².